The Morgan fingerprint density at radius 1 is 1.13 bits per heavy atom. The number of hydrogen-bond acceptors (Lipinski definition) is 6. The summed E-state index contributed by atoms with van der Waals surface area (Å²) in [6.07, 6.45) is 0.979. The fourth-order valence-electron chi connectivity index (χ4n) is 4.41. The first-order chi connectivity index (χ1) is 18.0. The van der Waals surface area contributed by atoms with E-state index in [9.17, 15) is 27.2 Å². The van der Waals surface area contributed by atoms with Gasteiger partial charge in [0.05, 0.1) is 22.4 Å². The summed E-state index contributed by atoms with van der Waals surface area (Å²) in [4.78, 5) is 39.6. The van der Waals surface area contributed by atoms with E-state index >= 15 is 0 Å². The number of benzene rings is 2. The quantitative estimate of drug-likeness (QED) is 0.437. The summed E-state index contributed by atoms with van der Waals surface area (Å²) < 4.78 is 41.3. The van der Waals surface area contributed by atoms with Crippen molar-refractivity contribution in [3.05, 3.63) is 65.3 Å². The second-order valence-corrected chi connectivity index (χ2v) is 12.8. The zero-order valence-electron chi connectivity index (χ0n) is 21.1. The number of Topliss-reactive ketones (excluding diaryl/α,β-unsaturated/α-hetero) is 1. The van der Waals surface area contributed by atoms with Gasteiger partial charge >= 0.3 is 0 Å². The molecule has 0 radical (unpaired) electrons. The van der Waals surface area contributed by atoms with Gasteiger partial charge in [-0.05, 0) is 67.0 Å². The van der Waals surface area contributed by atoms with E-state index in [2.05, 4.69) is 10.6 Å². The van der Waals surface area contributed by atoms with E-state index in [-0.39, 0.29) is 29.7 Å². The van der Waals surface area contributed by atoms with E-state index in [1.165, 1.54) is 11.3 Å². The standard InChI is InChI=1S/C27H30FN3O5S2/c1-17(2)14-22(30-27(34)25-15-18-6-3-4-8-24(18)37-25)26(33)29-21-7-5-13-31(16-23(21)32)38(35,36)20-11-9-19(28)10-12-20/h3-4,6,8-12,15,17,21-22H,5,7,13-14,16H2,1-2H3,(H,29,33)(H,30,34)/t21-,22?/m1/s1. The van der Waals surface area contributed by atoms with E-state index in [0.717, 1.165) is 38.7 Å². The summed E-state index contributed by atoms with van der Waals surface area (Å²) in [5, 5.41) is 6.50. The smallest absolute Gasteiger partial charge is 0.262 e. The third-order valence-electron chi connectivity index (χ3n) is 6.37. The maximum absolute atomic E-state index is 13.3. The summed E-state index contributed by atoms with van der Waals surface area (Å²) in [6, 6.07) is 12.1. The average molecular weight is 560 g/mol. The Morgan fingerprint density at radius 3 is 2.53 bits per heavy atom. The molecule has 0 bridgehead atoms. The Labute approximate surface area is 225 Å². The van der Waals surface area contributed by atoms with Crippen LogP contribution in [0.5, 0.6) is 0 Å². The molecule has 4 rings (SSSR count). The molecule has 1 unspecified atom stereocenters. The largest absolute Gasteiger partial charge is 0.344 e. The molecule has 1 aliphatic rings. The minimum atomic E-state index is -4.00. The molecule has 0 aliphatic carbocycles. The van der Waals surface area contributed by atoms with Crippen LogP contribution in [0.25, 0.3) is 10.1 Å². The zero-order chi connectivity index (χ0) is 27.4. The van der Waals surface area contributed by atoms with Crippen LogP contribution in [-0.4, -0.2) is 55.5 Å². The summed E-state index contributed by atoms with van der Waals surface area (Å²) in [5.74, 6) is -1.76. The molecule has 0 spiro atoms. The van der Waals surface area contributed by atoms with Gasteiger partial charge in [-0.3, -0.25) is 14.4 Å². The number of ketones is 1. The molecule has 2 amide bonds. The Kier molecular flexibility index (Phi) is 8.59. The van der Waals surface area contributed by atoms with Crippen molar-refractivity contribution < 1.29 is 27.2 Å². The second-order valence-electron chi connectivity index (χ2n) is 9.77. The van der Waals surface area contributed by atoms with E-state index in [0.29, 0.717) is 17.7 Å². The molecule has 1 aliphatic heterocycles. The lowest BCUT2D eigenvalue weighted by atomic mass is 10.0. The molecule has 2 atom stereocenters. The molecule has 2 N–H and O–H groups in total. The predicted octanol–water partition coefficient (Wildman–Crippen LogP) is 3.72. The molecule has 1 fully saturated rings. The first kappa shape index (κ1) is 27.9. The molecule has 1 aromatic heterocycles. The van der Waals surface area contributed by atoms with Crippen LogP contribution in [0, 0.1) is 11.7 Å². The highest BCUT2D eigenvalue weighted by Gasteiger charge is 2.34. The summed E-state index contributed by atoms with van der Waals surface area (Å²) in [7, 11) is -4.00. The van der Waals surface area contributed by atoms with Gasteiger partial charge in [0, 0.05) is 11.2 Å². The molecule has 0 saturated carbocycles. The SMILES string of the molecule is CC(C)CC(NC(=O)c1cc2ccccc2s1)C(=O)N[C@@H]1CCCN(S(=O)(=O)c2ccc(F)cc2)CC1=O. The third-order valence-corrected chi connectivity index (χ3v) is 9.34. The van der Waals surface area contributed by atoms with Crippen LogP contribution < -0.4 is 10.6 Å². The number of nitrogens with zero attached hydrogens (tertiary/aromatic N) is 1. The monoisotopic (exact) mass is 559 g/mol. The highest BCUT2D eigenvalue weighted by Crippen LogP contribution is 2.25. The topological polar surface area (TPSA) is 113 Å². The summed E-state index contributed by atoms with van der Waals surface area (Å²) >= 11 is 1.34. The lowest BCUT2D eigenvalue weighted by Crippen LogP contribution is -2.52. The highest BCUT2D eigenvalue weighted by molar-refractivity contribution is 7.89. The van der Waals surface area contributed by atoms with Gasteiger partial charge in [-0.25, -0.2) is 12.8 Å². The van der Waals surface area contributed by atoms with Crippen LogP contribution in [0.3, 0.4) is 0 Å². The number of amides is 2. The van der Waals surface area contributed by atoms with Crippen molar-refractivity contribution in [3.8, 4) is 0 Å². The Morgan fingerprint density at radius 2 is 1.84 bits per heavy atom. The third kappa shape index (κ3) is 6.46. The Hall–Kier alpha value is -3.15. The van der Waals surface area contributed by atoms with Crippen molar-refractivity contribution in [3.63, 3.8) is 0 Å². The molecule has 202 valence electrons. The molecule has 2 aromatic carbocycles. The van der Waals surface area contributed by atoms with E-state index < -0.39 is 46.2 Å². The minimum absolute atomic E-state index is 0.0923. The Bertz CT molecular complexity index is 1400. The fraction of sp³-hybridized carbons (Fsp3) is 0.370. The van der Waals surface area contributed by atoms with Crippen LogP contribution in [0.1, 0.15) is 42.8 Å². The van der Waals surface area contributed by atoms with Gasteiger partial charge in [-0.15, -0.1) is 11.3 Å². The molecular formula is C27H30FN3O5S2. The van der Waals surface area contributed by atoms with Crippen molar-refractivity contribution in [1.82, 2.24) is 14.9 Å². The number of thiophene rings is 1. The minimum Gasteiger partial charge on any atom is -0.344 e. The first-order valence-electron chi connectivity index (χ1n) is 12.4. The van der Waals surface area contributed by atoms with Gasteiger partial charge in [0.1, 0.15) is 11.9 Å². The van der Waals surface area contributed by atoms with Gasteiger partial charge in [0.2, 0.25) is 15.9 Å². The molecule has 1 saturated heterocycles. The summed E-state index contributed by atoms with van der Waals surface area (Å²) in [6.45, 7) is 3.55. The predicted molar refractivity (Wildman–Crippen MR) is 144 cm³/mol. The van der Waals surface area contributed by atoms with Crippen LogP contribution in [0.2, 0.25) is 0 Å². The van der Waals surface area contributed by atoms with Crippen LogP contribution in [-0.2, 0) is 19.6 Å². The molecule has 38 heavy (non-hydrogen) atoms. The van der Waals surface area contributed by atoms with E-state index in [1.807, 2.05) is 38.1 Å². The van der Waals surface area contributed by atoms with Gasteiger partial charge in [0.25, 0.3) is 5.91 Å². The van der Waals surface area contributed by atoms with Gasteiger partial charge in [-0.1, -0.05) is 32.0 Å². The number of rotatable bonds is 8. The first-order valence-corrected chi connectivity index (χ1v) is 14.7. The number of fused-ring (bicyclic) bond motifs is 1. The van der Waals surface area contributed by atoms with Crippen molar-refractivity contribution in [1.29, 1.82) is 0 Å². The zero-order valence-corrected chi connectivity index (χ0v) is 22.8. The number of halogens is 1. The van der Waals surface area contributed by atoms with E-state index in [1.54, 1.807) is 6.07 Å². The van der Waals surface area contributed by atoms with Crippen LogP contribution >= 0.6 is 11.3 Å². The number of nitrogens with one attached hydrogen (secondary N) is 2. The van der Waals surface area contributed by atoms with Crippen molar-refractivity contribution in [2.45, 2.75) is 50.1 Å². The Balaban J connectivity index is 1.44. The van der Waals surface area contributed by atoms with Gasteiger partial charge < -0.3 is 10.6 Å². The lowest BCUT2D eigenvalue weighted by Gasteiger charge is -2.23. The maximum Gasteiger partial charge on any atom is 0.262 e. The van der Waals surface area contributed by atoms with Gasteiger partial charge in [-0.2, -0.15) is 4.31 Å². The number of carbonyl (C=O) groups excluding carboxylic acids is 3. The molecule has 11 heteroatoms. The molecule has 8 nitrogen and oxygen atoms in total. The van der Waals surface area contributed by atoms with Crippen molar-refractivity contribution in [2.24, 2.45) is 5.92 Å². The maximum atomic E-state index is 13.3. The molecule has 2 heterocycles. The van der Waals surface area contributed by atoms with Gasteiger partial charge in [0.15, 0.2) is 5.78 Å². The summed E-state index contributed by atoms with van der Waals surface area (Å²) in [5.41, 5.74) is 0. The van der Waals surface area contributed by atoms with Crippen molar-refractivity contribution in [2.75, 3.05) is 13.1 Å². The van der Waals surface area contributed by atoms with E-state index in [4.69, 9.17) is 0 Å². The fourth-order valence-corrected chi connectivity index (χ4v) is 6.82. The average Bonchev–Trinajstić information content (AvgIpc) is 3.22. The number of sulfonamides is 1. The molecular weight excluding hydrogens is 529 g/mol. The molecule has 3 aromatic rings. The second kappa shape index (κ2) is 11.7. The van der Waals surface area contributed by atoms with Crippen LogP contribution in [0.4, 0.5) is 4.39 Å². The highest BCUT2D eigenvalue weighted by atomic mass is 32.2. The number of carbonyl (C=O) groups is 3. The van der Waals surface area contributed by atoms with Crippen molar-refractivity contribution >= 4 is 49.0 Å². The van der Waals surface area contributed by atoms with Crippen LogP contribution in [0.15, 0.2) is 59.5 Å². The normalized spacial score (nSPS) is 17.8. The number of hydrogen-bond donors (Lipinski definition) is 2. The lowest BCUT2D eigenvalue weighted by molar-refractivity contribution is -0.129.